The molecule has 0 radical (unpaired) electrons. The van der Waals surface area contributed by atoms with Crippen LogP contribution in [0.25, 0.3) is 0 Å². The van der Waals surface area contributed by atoms with Crippen molar-refractivity contribution in [3.05, 3.63) is 4.91 Å². The van der Waals surface area contributed by atoms with E-state index in [1.54, 1.807) is 0 Å². The molecule has 11 heavy (non-hydrogen) atoms. The summed E-state index contributed by atoms with van der Waals surface area (Å²) in [5.74, 6) is 1.16. The molecular weight excluding hydrogens is 138 g/mol. The fourth-order valence-electron chi connectivity index (χ4n) is 1.27. The average molecular weight is 157 g/mol. The Morgan fingerprint density at radius 3 is 1.55 bits per heavy atom. The first kappa shape index (κ1) is 10.6. The maximum Gasteiger partial charge on any atom is 0.0924 e. The maximum absolute atomic E-state index is 10.3. The lowest BCUT2D eigenvalue weighted by molar-refractivity contribution is 0.422. The minimum Gasteiger partial charge on any atom is -0.151 e. The van der Waals surface area contributed by atoms with Gasteiger partial charge in [0.25, 0.3) is 0 Å². The van der Waals surface area contributed by atoms with E-state index >= 15 is 0 Å². The van der Waals surface area contributed by atoms with Crippen molar-refractivity contribution in [1.29, 1.82) is 0 Å². The van der Waals surface area contributed by atoms with Crippen molar-refractivity contribution in [3.63, 3.8) is 0 Å². The zero-order valence-electron chi connectivity index (χ0n) is 8.00. The standard InChI is InChI=1S/C9H19NO/c1-7(2)5-9(10-11)6-8(3)4/h7-9H,5-6H2,1-4H3. The molecule has 0 unspecified atom stereocenters. The van der Waals surface area contributed by atoms with E-state index in [4.69, 9.17) is 0 Å². The SMILES string of the molecule is CC(C)CC(CC(C)C)N=O. The van der Waals surface area contributed by atoms with Gasteiger partial charge in [0, 0.05) is 0 Å². The van der Waals surface area contributed by atoms with E-state index in [1.807, 2.05) is 0 Å². The molecule has 0 aliphatic carbocycles. The van der Waals surface area contributed by atoms with Crippen LogP contribution in [-0.2, 0) is 0 Å². The van der Waals surface area contributed by atoms with Gasteiger partial charge in [-0.3, -0.25) is 0 Å². The molecule has 0 aliphatic rings. The van der Waals surface area contributed by atoms with Crippen LogP contribution in [0.2, 0.25) is 0 Å². The molecule has 2 heteroatoms. The number of nitroso groups, excluding NO2 is 1. The predicted molar refractivity (Wildman–Crippen MR) is 48.5 cm³/mol. The van der Waals surface area contributed by atoms with E-state index < -0.39 is 0 Å². The van der Waals surface area contributed by atoms with Gasteiger partial charge in [-0.05, 0) is 24.7 Å². The lowest BCUT2D eigenvalue weighted by Crippen LogP contribution is -2.10. The summed E-state index contributed by atoms with van der Waals surface area (Å²) in [6, 6.07) is 0.0370. The normalized spacial score (nSPS) is 11.5. The lowest BCUT2D eigenvalue weighted by Gasteiger charge is -2.12. The van der Waals surface area contributed by atoms with Gasteiger partial charge in [-0.15, -0.1) is 0 Å². The number of hydrogen-bond donors (Lipinski definition) is 0. The Bertz CT molecular complexity index is 100. The molecule has 0 bridgehead atoms. The van der Waals surface area contributed by atoms with E-state index in [9.17, 15) is 4.91 Å². The molecule has 0 rings (SSSR count). The molecule has 0 atom stereocenters. The Kier molecular flexibility index (Phi) is 5.08. The van der Waals surface area contributed by atoms with Gasteiger partial charge >= 0.3 is 0 Å². The summed E-state index contributed by atoms with van der Waals surface area (Å²) in [4.78, 5) is 10.3. The molecule has 0 spiro atoms. The first-order valence-electron chi connectivity index (χ1n) is 4.38. The number of hydrogen-bond acceptors (Lipinski definition) is 2. The van der Waals surface area contributed by atoms with Gasteiger partial charge < -0.3 is 0 Å². The van der Waals surface area contributed by atoms with Gasteiger partial charge in [0.05, 0.1) is 6.04 Å². The van der Waals surface area contributed by atoms with Crippen molar-refractivity contribution >= 4 is 0 Å². The smallest absolute Gasteiger partial charge is 0.0924 e. The van der Waals surface area contributed by atoms with Crippen molar-refractivity contribution in [1.82, 2.24) is 0 Å². The number of rotatable bonds is 5. The van der Waals surface area contributed by atoms with Crippen LogP contribution >= 0.6 is 0 Å². The van der Waals surface area contributed by atoms with Crippen LogP contribution in [-0.4, -0.2) is 6.04 Å². The molecule has 0 fully saturated rings. The fourth-order valence-corrected chi connectivity index (χ4v) is 1.27. The monoisotopic (exact) mass is 157 g/mol. The highest BCUT2D eigenvalue weighted by molar-refractivity contribution is 4.68. The van der Waals surface area contributed by atoms with Crippen LogP contribution in [0.15, 0.2) is 5.18 Å². The van der Waals surface area contributed by atoms with Crippen LogP contribution < -0.4 is 0 Å². The molecule has 0 N–H and O–H groups in total. The van der Waals surface area contributed by atoms with E-state index in [-0.39, 0.29) is 6.04 Å². The van der Waals surface area contributed by atoms with Gasteiger partial charge in [0.15, 0.2) is 0 Å². The van der Waals surface area contributed by atoms with Crippen LogP contribution in [0.1, 0.15) is 40.5 Å². The third kappa shape index (κ3) is 6.02. The van der Waals surface area contributed by atoms with Crippen molar-refractivity contribution in [3.8, 4) is 0 Å². The molecule has 66 valence electrons. The summed E-state index contributed by atoms with van der Waals surface area (Å²) < 4.78 is 0. The zero-order chi connectivity index (χ0) is 8.85. The Morgan fingerprint density at radius 2 is 1.36 bits per heavy atom. The van der Waals surface area contributed by atoms with Gasteiger partial charge in [-0.25, -0.2) is 0 Å². The predicted octanol–water partition coefficient (Wildman–Crippen LogP) is 3.21. The first-order chi connectivity index (χ1) is 5.06. The van der Waals surface area contributed by atoms with E-state index in [1.165, 1.54) is 0 Å². The fraction of sp³-hybridized carbons (Fsp3) is 1.00. The van der Waals surface area contributed by atoms with Crippen molar-refractivity contribution in [2.24, 2.45) is 17.0 Å². The van der Waals surface area contributed by atoms with Crippen molar-refractivity contribution in [2.45, 2.75) is 46.6 Å². The summed E-state index contributed by atoms with van der Waals surface area (Å²) in [5.41, 5.74) is 0. The molecule has 0 aromatic heterocycles. The summed E-state index contributed by atoms with van der Waals surface area (Å²) in [6.45, 7) is 8.49. The Balaban J connectivity index is 3.67. The van der Waals surface area contributed by atoms with E-state index in [2.05, 4.69) is 32.9 Å². The minimum atomic E-state index is 0.0370. The molecule has 0 saturated heterocycles. The third-order valence-electron chi connectivity index (χ3n) is 1.64. The molecule has 0 amide bonds. The molecule has 0 aromatic carbocycles. The average Bonchev–Trinajstić information content (AvgIpc) is 1.84. The summed E-state index contributed by atoms with van der Waals surface area (Å²) >= 11 is 0. The zero-order valence-corrected chi connectivity index (χ0v) is 8.00. The minimum absolute atomic E-state index is 0.0370. The highest BCUT2D eigenvalue weighted by Gasteiger charge is 2.12. The molecule has 0 heterocycles. The molecule has 0 aromatic rings. The largest absolute Gasteiger partial charge is 0.151 e. The van der Waals surface area contributed by atoms with Gasteiger partial charge in [0.1, 0.15) is 0 Å². The van der Waals surface area contributed by atoms with Crippen LogP contribution in [0, 0.1) is 16.7 Å². The summed E-state index contributed by atoms with van der Waals surface area (Å²) in [6.07, 6.45) is 1.86. The molecule has 0 aliphatic heterocycles. The highest BCUT2D eigenvalue weighted by atomic mass is 16.3. The van der Waals surface area contributed by atoms with Crippen molar-refractivity contribution < 1.29 is 0 Å². The summed E-state index contributed by atoms with van der Waals surface area (Å²) in [5, 5.41) is 3.12. The van der Waals surface area contributed by atoms with E-state index in [0.29, 0.717) is 11.8 Å². The topological polar surface area (TPSA) is 29.4 Å². The van der Waals surface area contributed by atoms with E-state index in [0.717, 1.165) is 12.8 Å². The third-order valence-corrected chi connectivity index (χ3v) is 1.64. The van der Waals surface area contributed by atoms with Crippen LogP contribution in [0.5, 0.6) is 0 Å². The maximum atomic E-state index is 10.3. The Labute approximate surface area is 69.4 Å². The molecular formula is C9H19NO. The second-order valence-corrected chi connectivity index (χ2v) is 4.02. The first-order valence-corrected chi connectivity index (χ1v) is 4.38. The quantitative estimate of drug-likeness (QED) is 0.563. The van der Waals surface area contributed by atoms with Gasteiger partial charge in [-0.2, -0.15) is 4.91 Å². The number of nitrogens with zero attached hydrogens (tertiary/aromatic N) is 1. The highest BCUT2D eigenvalue weighted by Crippen LogP contribution is 2.15. The second kappa shape index (κ2) is 5.28. The second-order valence-electron chi connectivity index (χ2n) is 4.02. The summed E-state index contributed by atoms with van der Waals surface area (Å²) in [7, 11) is 0. The Hall–Kier alpha value is -0.400. The molecule has 2 nitrogen and oxygen atoms in total. The van der Waals surface area contributed by atoms with Crippen molar-refractivity contribution in [2.75, 3.05) is 0 Å². The van der Waals surface area contributed by atoms with Gasteiger partial charge in [-0.1, -0.05) is 32.9 Å². The lowest BCUT2D eigenvalue weighted by atomic mass is 9.96. The van der Waals surface area contributed by atoms with Crippen LogP contribution in [0.4, 0.5) is 0 Å². The Morgan fingerprint density at radius 1 is 1.00 bits per heavy atom. The molecule has 0 saturated carbocycles. The van der Waals surface area contributed by atoms with Crippen LogP contribution in [0.3, 0.4) is 0 Å². The van der Waals surface area contributed by atoms with Gasteiger partial charge in [0.2, 0.25) is 0 Å².